The van der Waals surface area contributed by atoms with Crippen molar-refractivity contribution in [1.29, 1.82) is 0 Å². The van der Waals surface area contributed by atoms with E-state index >= 15 is 0 Å². The normalized spacial score (nSPS) is 18.8. The number of ether oxygens (including phenoxy) is 1. The molecule has 0 spiro atoms. The van der Waals surface area contributed by atoms with Gasteiger partial charge in [-0.1, -0.05) is 32.1 Å². The molecule has 1 aliphatic rings. The van der Waals surface area contributed by atoms with Crippen LogP contribution in [0.5, 0.6) is 5.75 Å². The van der Waals surface area contributed by atoms with Crippen LogP contribution in [0.1, 0.15) is 38.7 Å². The van der Waals surface area contributed by atoms with Crippen LogP contribution in [0.15, 0.2) is 34.8 Å². The van der Waals surface area contributed by atoms with Gasteiger partial charge in [0.1, 0.15) is 11.9 Å². The van der Waals surface area contributed by atoms with Crippen molar-refractivity contribution in [2.45, 2.75) is 51.8 Å². The van der Waals surface area contributed by atoms with Gasteiger partial charge in [0.05, 0.1) is 4.47 Å². The average molecular weight is 324 g/mol. The monoisotopic (exact) mass is 323 g/mol. The number of nitrogens with one attached hydrogen (secondary N) is 1. The molecule has 3 heteroatoms. The summed E-state index contributed by atoms with van der Waals surface area (Å²) in [5, 5.41) is 3.45. The van der Waals surface area contributed by atoms with Crippen molar-refractivity contribution in [2.24, 2.45) is 0 Å². The summed E-state index contributed by atoms with van der Waals surface area (Å²) in [4.78, 5) is 0. The fraction of sp³-hybridized carbons (Fsp3) is 0.500. The standard InChI is InChI=1S/C16H22BrNO/c1-12(2)18-11-13-7-6-10-15(17)16(13)19-14-8-4-3-5-9-14/h4,6-8,10,12,14,18H,3,5,9,11H2,1-2H3. The summed E-state index contributed by atoms with van der Waals surface area (Å²) in [5.41, 5.74) is 1.21. The van der Waals surface area contributed by atoms with E-state index in [1.54, 1.807) is 0 Å². The fourth-order valence-electron chi connectivity index (χ4n) is 2.17. The molecular formula is C16H22BrNO. The molecule has 0 bridgehead atoms. The summed E-state index contributed by atoms with van der Waals surface area (Å²) in [6, 6.07) is 6.70. The summed E-state index contributed by atoms with van der Waals surface area (Å²) < 4.78 is 7.21. The zero-order valence-corrected chi connectivity index (χ0v) is 13.2. The number of benzene rings is 1. The Morgan fingerprint density at radius 1 is 1.42 bits per heavy atom. The van der Waals surface area contributed by atoms with Gasteiger partial charge in [-0.2, -0.15) is 0 Å². The summed E-state index contributed by atoms with van der Waals surface area (Å²) >= 11 is 3.60. The molecule has 1 aliphatic carbocycles. The Kier molecular flexibility index (Phi) is 5.46. The van der Waals surface area contributed by atoms with E-state index in [0.29, 0.717) is 6.04 Å². The largest absolute Gasteiger partial charge is 0.485 e. The van der Waals surface area contributed by atoms with Crippen molar-refractivity contribution in [3.05, 3.63) is 40.4 Å². The molecule has 2 rings (SSSR count). The predicted octanol–water partition coefficient (Wildman–Crippen LogP) is 4.43. The highest BCUT2D eigenvalue weighted by Gasteiger charge is 2.15. The molecule has 0 fully saturated rings. The highest BCUT2D eigenvalue weighted by atomic mass is 79.9. The van der Waals surface area contributed by atoms with E-state index in [-0.39, 0.29) is 6.10 Å². The van der Waals surface area contributed by atoms with E-state index in [2.05, 4.69) is 59.4 Å². The first-order chi connectivity index (χ1) is 9.16. The van der Waals surface area contributed by atoms with Gasteiger partial charge in [-0.3, -0.25) is 0 Å². The molecule has 0 aliphatic heterocycles. The minimum atomic E-state index is 0.213. The Labute approximate surface area is 124 Å². The van der Waals surface area contributed by atoms with Gasteiger partial charge < -0.3 is 10.1 Å². The van der Waals surface area contributed by atoms with Gasteiger partial charge in [-0.05, 0) is 47.3 Å². The molecule has 0 heterocycles. The summed E-state index contributed by atoms with van der Waals surface area (Å²) in [6.45, 7) is 5.15. The average Bonchev–Trinajstić information content (AvgIpc) is 2.40. The second-order valence-electron chi connectivity index (χ2n) is 5.28. The Hall–Kier alpha value is -0.800. The van der Waals surface area contributed by atoms with E-state index in [9.17, 15) is 0 Å². The lowest BCUT2D eigenvalue weighted by molar-refractivity contribution is 0.225. The Bertz CT molecular complexity index is 442. The van der Waals surface area contributed by atoms with Gasteiger partial charge in [0, 0.05) is 18.2 Å². The van der Waals surface area contributed by atoms with Gasteiger partial charge in [-0.25, -0.2) is 0 Å². The smallest absolute Gasteiger partial charge is 0.138 e. The molecule has 19 heavy (non-hydrogen) atoms. The first kappa shape index (κ1) is 14.6. The van der Waals surface area contributed by atoms with Gasteiger partial charge in [0.15, 0.2) is 0 Å². The molecule has 1 N–H and O–H groups in total. The SMILES string of the molecule is CC(C)NCc1cccc(Br)c1OC1C=CCCC1. The van der Waals surface area contributed by atoms with Crippen molar-refractivity contribution >= 4 is 15.9 Å². The van der Waals surface area contributed by atoms with Crippen LogP contribution in [0.25, 0.3) is 0 Å². The zero-order chi connectivity index (χ0) is 13.7. The Morgan fingerprint density at radius 2 is 2.26 bits per heavy atom. The topological polar surface area (TPSA) is 21.3 Å². The summed E-state index contributed by atoms with van der Waals surface area (Å²) in [5.74, 6) is 0.979. The lowest BCUT2D eigenvalue weighted by Gasteiger charge is -2.22. The van der Waals surface area contributed by atoms with Crippen LogP contribution in [0, 0.1) is 0 Å². The summed E-state index contributed by atoms with van der Waals surface area (Å²) in [7, 11) is 0. The van der Waals surface area contributed by atoms with Crippen LogP contribution in [-0.2, 0) is 6.54 Å². The van der Waals surface area contributed by atoms with E-state index in [1.165, 1.54) is 18.4 Å². The first-order valence-corrected chi connectivity index (χ1v) is 7.80. The molecule has 104 valence electrons. The number of rotatable bonds is 5. The molecule has 1 aromatic rings. The summed E-state index contributed by atoms with van der Waals surface area (Å²) in [6.07, 6.45) is 8.11. The highest BCUT2D eigenvalue weighted by molar-refractivity contribution is 9.10. The molecule has 0 radical (unpaired) electrons. The van der Waals surface area contributed by atoms with Gasteiger partial charge in [0.25, 0.3) is 0 Å². The second-order valence-corrected chi connectivity index (χ2v) is 6.13. The van der Waals surface area contributed by atoms with Crippen molar-refractivity contribution in [2.75, 3.05) is 0 Å². The third kappa shape index (κ3) is 4.36. The molecule has 2 nitrogen and oxygen atoms in total. The third-order valence-corrected chi connectivity index (χ3v) is 3.85. The lowest BCUT2D eigenvalue weighted by atomic mass is 10.1. The maximum Gasteiger partial charge on any atom is 0.138 e. The van der Waals surface area contributed by atoms with Crippen molar-refractivity contribution in [3.63, 3.8) is 0 Å². The maximum absolute atomic E-state index is 6.18. The highest BCUT2D eigenvalue weighted by Crippen LogP contribution is 2.31. The maximum atomic E-state index is 6.18. The number of hydrogen-bond acceptors (Lipinski definition) is 2. The van der Waals surface area contributed by atoms with Crippen LogP contribution < -0.4 is 10.1 Å². The lowest BCUT2D eigenvalue weighted by Crippen LogP contribution is -2.23. The quantitative estimate of drug-likeness (QED) is 0.809. The number of para-hydroxylation sites is 1. The predicted molar refractivity (Wildman–Crippen MR) is 83.5 cm³/mol. The minimum Gasteiger partial charge on any atom is -0.485 e. The number of allylic oxidation sites excluding steroid dienone is 1. The number of hydrogen-bond donors (Lipinski definition) is 1. The van der Waals surface area contributed by atoms with E-state index in [1.807, 2.05) is 6.07 Å². The van der Waals surface area contributed by atoms with E-state index in [0.717, 1.165) is 23.2 Å². The molecule has 1 aromatic carbocycles. The van der Waals surface area contributed by atoms with Crippen molar-refractivity contribution in [3.8, 4) is 5.75 Å². The minimum absolute atomic E-state index is 0.213. The zero-order valence-electron chi connectivity index (χ0n) is 11.7. The van der Waals surface area contributed by atoms with Crippen LogP contribution in [0.3, 0.4) is 0 Å². The van der Waals surface area contributed by atoms with Gasteiger partial charge in [-0.15, -0.1) is 0 Å². The molecule has 1 unspecified atom stereocenters. The molecule has 1 atom stereocenters. The first-order valence-electron chi connectivity index (χ1n) is 7.01. The second kappa shape index (κ2) is 7.11. The molecule has 0 saturated carbocycles. The number of halogens is 1. The van der Waals surface area contributed by atoms with Crippen molar-refractivity contribution < 1.29 is 4.74 Å². The van der Waals surface area contributed by atoms with E-state index in [4.69, 9.17) is 4.74 Å². The van der Waals surface area contributed by atoms with Crippen LogP contribution in [0.2, 0.25) is 0 Å². The Balaban J connectivity index is 2.12. The molecule has 0 amide bonds. The third-order valence-electron chi connectivity index (χ3n) is 3.23. The van der Waals surface area contributed by atoms with Crippen molar-refractivity contribution in [1.82, 2.24) is 5.32 Å². The molecular weight excluding hydrogens is 302 g/mol. The van der Waals surface area contributed by atoms with E-state index < -0.39 is 0 Å². The van der Waals surface area contributed by atoms with Crippen LogP contribution in [0.4, 0.5) is 0 Å². The molecule has 0 aromatic heterocycles. The fourth-order valence-corrected chi connectivity index (χ4v) is 2.67. The van der Waals surface area contributed by atoms with Crippen LogP contribution in [-0.4, -0.2) is 12.1 Å². The molecule has 0 saturated heterocycles. The van der Waals surface area contributed by atoms with Crippen LogP contribution >= 0.6 is 15.9 Å². The van der Waals surface area contributed by atoms with Gasteiger partial charge in [0.2, 0.25) is 0 Å². The Morgan fingerprint density at radius 3 is 2.95 bits per heavy atom. The van der Waals surface area contributed by atoms with Gasteiger partial charge >= 0.3 is 0 Å².